The summed E-state index contributed by atoms with van der Waals surface area (Å²) in [5.41, 5.74) is 17.0. The van der Waals surface area contributed by atoms with Crippen LogP contribution in [0.4, 0.5) is 0 Å². The third-order valence-corrected chi connectivity index (χ3v) is 9.22. The smallest absolute Gasteiger partial charge is 0.0741 e. The lowest BCUT2D eigenvalue weighted by atomic mass is 9.71. The Morgan fingerprint density at radius 1 is 0.711 bits per heavy atom. The molecule has 2 aliphatic rings. The van der Waals surface area contributed by atoms with E-state index >= 15 is 0 Å². The Morgan fingerprint density at radius 3 is 1.82 bits per heavy atom. The van der Waals surface area contributed by atoms with Crippen LogP contribution in [-0.2, 0) is 5.41 Å². The van der Waals surface area contributed by atoms with E-state index in [-0.39, 0.29) is 5.41 Å². The van der Waals surface area contributed by atoms with Crippen molar-refractivity contribution < 1.29 is 0 Å². The Kier molecular flexibility index (Phi) is 5.60. The molecule has 0 bridgehead atoms. The Balaban J connectivity index is 1.32. The van der Waals surface area contributed by atoms with Gasteiger partial charge in [0, 0.05) is 23.4 Å². The van der Waals surface area contributed by atoms with E-state index in [1.54, 1.807) is 0 Å². The van der Waals surface area contributed by atoms with E-state index in [2.05, 4.69) is 145 Å². The molecule has 1 spiro atoms. The molecule has 4 aromatic carbocycles. The summed E-state index contributed by atoms with van der Waals surface area (Å²) < 4.78 is 2.20. The van der Waals surface area contributed by atoms with Gasteiger partial charge in [-0.05, 0) is 63.5 Å². The minimum atomic E-state index is -0.285. The van der Waals surface area contributed by atoms with Crippen molar-refractivity contribution >= 4 is 8.58 Å². The maximum Gasteiger partial charge on any atom is 0.0741 e. The number of allylic oxidation sites excluding steroid dienone is 1. The van der Waals surface area contributed by atoms with Gasteiger partial charge in [0.2, 0.25) is 0 Å². The fourth-order valence-corrected chi connectivity index (χ4v) is 7.16. The maximum atomic E-state index is 3.74. The summed E-state index contributed by atoms with van der Waals surface area (Å²) in [6.07, 6.45) is 8.02. The summed E-state index contributed by atoms with van der Waals surface area (Å²) >= 11 is 0. The number of fused-ring (bicyclic) bond motifs is 10. The van der Waals surface area contributed by atoms with Gasteiger partial charge < -0.3 is 0 Å². The quantitative estimate of drug-likeness (QED) is 0.221. The third kappa shape index (κ3) is 3.37. The molecule has 3 heteroatoms. The van der Waals surface area contributed by atoms with Crippen molar-refractivity contribution in [1.82, 2.24) is 4.68 Å². The summed E-state index contributed by atoms with van der Waals surface area (Å²) in [7, 11) is 0.689. The first-order valence-electron chi connectivity index (χ1n) is 13.4. The standard InChI is InChI=1S/C35H31N2P/c1-24(25-12-4-3-5-13-25)20-21-34(38-2)36-37-22-29-28-16-8-11-19-32(28)35(33(29)23-37)30-17-9-6-14-26(30)27-15-7-10-18-31(27)35/h3-19,21-24,36,38H,20H2,1-2H3/b34-21-. The number of nitrogens with one attached hydrogen (secondary N) is 1. The van der Waals surface area contributed by atoms with Crippen molar-refractivity contribution in [2.24, 2.45) is 0 Å². The predicted molar refractivity (Wildman–Crippen MR) is 162 cm³/mol. The molecular weight excluding hydrogens is 479 g/mol. The van der Waals surface area contributed by atoms with Crippen molar-refractivity contribution in [3.8, 4) is 22.3 Å². The molecule has 186 valence electrons. The maximum absolute atomic E-state index is 3.74. The molecule has 2 unspecified atom stereocenters. The second kappa shape index (κ2) is 9.15. The lowest BCUT2D eigenvalue weighted by Gasteiger charge is -2.29. The zero-order valence-corrected chi connectivity index (χ0v) is 22.8. The summed E-state index contributed by atoms with van der Waals surface area (Å²) in [5, 5.41) is 0. The Hall–Kier alpha value is -3.87. The van der Waals surface area contributed by atoms with E-state index < -0.39 is 0 Å². The zero-order chi connectivity index (χ0) is 25.7. The molecule has 0 saturated carbocycles. The van der Waals surface area contributed by atoms with E-state index in [4.69, 9.17) is 0 Å². The van der Waals surface area contributed by atoms with Gasteiger partial charge in [0.1, 0.15) is 0 Å². The second-order valence-electron chi connectivity index (χ2n) is 10.4. The topological polar surface area (TPSA) is 17.0 Å². The number of rotatable bonds is 6. The lowest BCUT2D eigenvalue weighted by Crippen LogP contribution is -2.26. The largest absolute Gasteiger partial charge is 0.295 e. The first-order valence-corrected chi connectivity index (χ1v) is 14.9. The Labute approximate surface area is 226 Å². The van der Waals surface area contributed by atoms with E-state index in [1.807, 2.05) is 0 Å². The fraction of sp³-hybridized carbons (Fsp3) is 0.143. The molecular formula is C35H31N2P. The fourth-order valence-electron chi connectivity index (χ4n) is 6.59. The van der Waals surface area contributed by atoms with Gasteiger partial charge in [0.15, 0.2) is 0 Å². The van der Waals surface area contributed by atoms with Gasteiger partial charge in [-0.3, -0.25) is 10.1 Å². The molecule has 1 N–H and O–H groups in total. The van der Waals surface area contributed by atoms with Gasteiger partial charge in [0.25, 0.3) is 0 Å². The van der Waals surface area contributed by atoms with Crippen molar-refractivity contribution in [3.05, 3.63) is 155 Å². The highest BCUT2D eigenvalue weighted by atomic mass is 31.1. The number of hydrogen-bond donors (Lipinski definition) is 1. The molecule has 2 aliphatic carbocycles. The first-order chi connectivity index (χ1) is 18.7. The molecule has 7 rings (SSSR count). The lowest BCUT2D eigenvalue weighted by molar-refractivity contribution is 0.774. The highest BCUT2D eigenvalue weighted by molar-refractivity contribution is 7.42. The van der Waals surface area contributed by atoms with Crippen LogP contribution in [0.15, 0.2) is 127 Å². The minimum Gasteiger partial charge on any atom is -0.295 e. The van der Waals surface area contributed by atoms with Gasteiger partial charge in [-0.2, -0.15) is 0 Å². The highest BCUT2D eigenvalue weighted by Crippen LogP contribution is 2.62. The number of aromatic nitrogens is 1. The van der Waals surface area contributed by atoms with E-state index in [0.29, 0.717) is 14.5 Å². The molecule has 0 amide bonds. The summed E-state index contributed by atoms with van der Waals surface area (Å²) in [6, 6.07) is 37.7. The van der Waals surface area contributed by atoms with Gasteiger partial charge in [0.05, 0.1) is 5.41 Å². The molecule has 38 heavy (non-hydrogen) atoms. The molecule has 0 fully saturated rings. The summed E-state index contributed by atoms with van der Waals surface area (Å²) in [6.45, 7) is 4.56. The van der Waals surface area contributed by atoms with E-state index in [0.717, 1.165) is 6.42 Å². The molecule has 2 nitrogen and oxygen atoms in total. The Bertz CT molecular complexity index is 1630. The molecule has 1 heterocycles. The van der Waals surface area contributed by atoms with Crippen molar-refractivity contribution in [1.29, 1.82) is 0 Å². The average molecular weight is 511 g/mol. The third-order valence-electron chi connectivity index (χ3n) is 8.37. The van der Waals surface area contributed by atoms with Crippen LogP contribution in [0.1, 0.15) is 47.1 Å². The minimum absolute atomic E-state index is 0.285. The van der Waals surface area contributed by atoms with Crippen LogP contribution in [0.3, 0.4) is 0 Å². The van der Waals surface area contributed by atoms with E-state index in [9.17, 15) is 0 Å². The van der Waals surface area contributed by atoms with Crippen molar-refractivity contribution in [3.63, 3.8) is 0 Å². The molecule has 2 atom stereocenters. The highest BCUT2D eigenvalue weighted by Gasteiger charge is 2.52. The van der Waals surface area contributed by atoms with Crippen molar-refractivity contribution in [2.75, 3.05) is 12.1 Å². The SMILES string of the molecule is CP/C(=C\CC(C)c1ccccc1)Nn1cc2c(c1)C1(c3ccccc3-c3ccccc31)c1ccccc1-2. The van der Waals surface area contributed by atoms with Gasteiger partial charge >= 0.3 is 0 Å². The van der Waals surface area contributed by atoms with Crippen LogP contribution in [0.25, 0.3) is 22.3 Å². The molecule has 1 aromatic heterocycles. The summed E-state index contributed by atoms with van der Waals surface area (Å²) in [4.78, 5) is 0. The second-order valence-corrected chi connectivity index (χ2v) is 11.4. The van der Waals surface area contributed by atoms with Gasteiger partial charge in [-0.1, -0.05) is 125 Å². The molecule has 0 radical (unpaired) electrons. The average Bonchev–Trinajstić information content (AvgIpc) is 3.61. The van der Waals surface area contributed by atoms with Crippen LogP contribution < -0.4 is 5.43 Å². The number of benzene rings is 4. The van der Waals surface area contributed by atoms with Crippen LogP contribution in [0, 0.1) is 0 Å². The predicted octanol–water partition coefficient (Wildman–Crippen LogP) is 8.72. The normalized spacial score (nSPS) is 15.4. The first kappa shape index (κ1) is 23.3. The van der Waals surface area contributed by atoms with E-state index in [1.165, 1.54) is 55.5 Å². The monoisotopic (exact) mass is 510 g/mol. The van der Waals surface area contributed by atoms with Crippen molar-refractivity contribution in [2.45, 2.75) is 24.7 Å². The Morgan fingerprint density at radius 2 is 1.24 bits per heavy atom. The number of nitrogens with zero attached hydrogens (tertiary/aromatic N) is 1. The summed E-state index contributed by atoms with van der Waals surface area (Å²) in [5.74, 6) is 0.487. The van der Waals surface area contributed by atoms with Crippen LogP contribution in [-0.4, -0.2) is 11.3 Å². The van der Waals surface area contributed by atoms with Crippen LogP contribution >= 0.6 is 8.58 Å². The van der Waals surface area contributed by atoms with Crippen LogP contribution in [0.5, 0.6) is 0 Å². The number of hydrogen-bond acceptors (Lipinski definition) is 1. The zero-order valence-electron chi connectivity index (χ0n) is 21.8. The van der Waals surface area contributed by atoms with Crippen LogP contribution in [0.2, 0.25) is 0 Å². The van der Waals surface area contributed by atoms with Gasteiger partial charge in [-0.15, -0.1) is 0 Å². The molecule has 5 aromatic rings. The molecule has 0 aliphatic heterocycles. The van der Waals surface area contributed by atoms with Gasteiger partial charge in [-0.25, -0.2) is 0 Å². The molecule has 0 saturated heterocycles.